The number of alkyl halides is 13. The smallest absolute Gasteiger partial charge is 0.451 e. The van der Waals surface area contributed by atoms with Gasteiger partial charge in [-0.2, -0.15) is 57.1 Å². The number of pyridine rings is 1. The average molecular weight is 698 g/mol. The molecule has 1 aromatic heterocycles. The quantitative estimate of drug-likeness (QED) is 0.122. The van der Waals surface area contributed by atoms with Gasteiger partial charge < -0.3 is 9.47 Å². The minimum atomic E-state index is -7.96. The van der Waals surface area contributed by atoms with Crippen molar-refractivity contribution >= 4 is 0 Å². The van der Waals surface area contributed by atoms with Crippen molar-refractivity contribution in [3.8, 4) is 22.6 Å². The SMILES string of the molecule is FC(F)(F)C(F)(F)C(F)(F)C(F)(F)C(F)(F)C(F)(F)CC1Oc2ccc(-c3ccc(CCCCCCCCCC4CC4)nc3)cc2O1. The number of benzene rings is 1. The molecule has 2 heterocycles. The van der Waals surface area contributed by atoms with Gasteiger partial charge in [-0.1, -0.05) is 69.9 Å². The van der Waals surface area contributed by atoms with Crippen LogP contribution < -0.4 is 9.47 Å². The minimum Gasteiger partial charge on any atom is -0.451 e. The molecule has 1 aliphatic heterocycles. The molecule has 1 unspecified atom stereocenters. The largest absolute Gasteiger partial charge is 0.460 e. The number of rotatable bonds is 17. The van der Waals surface area contributed by atoms with Gasteiger partial charge in [-0.25, -0.2) is 0 Å². The molecule has 2 aliphatic rings. The molecule has 0 spiro atoms. The van der Waals surface area contributed by atoms with E-state index in [1.807, 2.05) is 0 Å². The third kappa shape index (κ3) is 7.71. The molecule has 3 nitrogen and oxygen atoms in total. The Morgan fingerprint density at radius 1 is 0.596 bits per heavy atom. The lowest BCUT2D eigenvalue weighted by atomic mass is 9.92. The second-order valence-corrected chi connectivity index (χ2v) is 12.0. The molecule has 1 aliphatic carbocycles. The van der Waals surface area contributed by atoms with E-state index in [2.05, 4.69) is 4.98 Å². The lowest BCUT2D eigenvalue weighted by Gasteiger charge is -2.39. The van der Waals surface area contributed by atoms with Crippen LogP contribution in [0.4, 0.5) is 57.1 Å². The summed E-state index contributed by atoms with van der Waals surface area (Å²) >= 11 is 0. The number of hydrogen-bond donors (Lipinski definition) is 0. The van der Waals surface area contributed by atoms with Crippen molar-refractivity contribution < 1.29 is 66.5 Å². The number of nitrogens with zero attached hydrogens (tertiary/aromatic N) is 1. The number of aryl methyl sites for hydroxylation is 1. The van der Waals surface area contributed by atoms with E-state index in [-0.39, 0.29) is 11.5 Å². The zero-order valence-corrected chi connectivity index (χ0v) is 24.8. The molecule has 1 saturated carbocycles. The summed E-state index contributed by atoms with van der Waals surface area (Å²) in [6, 6.07) is 7.21. The van der Waals surface area contributed by atoms with E-state index in [0.717, 1.165) is 43.4 Å². The van der Waals surface area contributed by atoms with Crippen LogP contribution in [-0.2, 0) is 6.42 Å². The summed E-state index contributed by atoms with van der Waals surface area (Å²) in [5.74, 6) is -37.1. The van der Waals surface area contributed by atoms with Gasteiger partial charge in [0.25, 0.3) is 0 Å². The van der Waals surface area contributed by atoms with Gasteiger partial charge in [0.05, 0.1) is 6.42 Å². The molecule has 0 bridgehead atoms. The van der Waals surface area contributed by atoms with Gasteiger partial charge >= 0.3 is 35.8 Å². The Balaban J connectivity index is 1.31. The fraction of sp³-hybridized carbons (Fsp3) is 0.645. The molecule has 1 atom stereocenters. The number of fused-ring (bicyclic) bond motifs is 1. The molecule has 1 fully saturated rings. The Morgan fingerprint density at radius 3 is 1.72 bits per heavy atom. The number of aromatic nitrogens is 1. The maximum atomic E-state index is 14.3. The van der Waals surface area contributed by atoms with E-state index < -0.39 is 48.5 Å². The second kappa shape index (κ2) is 13.5. The van der Waals surface area contributed by atoms with Crippen LogP contribution in [0, 0.1) is 5.92 Å². The number of ether oxygens (including phenoxy) is 2. The summed E-state index contributed by atoms with van der Waals surface area (Å²) in [5.41, 5.74) is 1.71. The highest BCUT2D eigenvalue weighted by atomic mass is 19.4. The molecule has 1 aromatic carbocycles. The van der Waals surface area contributed by atoms with Crippen molar-refractivity contribution in [1.29, 1.82) is 0 Å². The van der Waals surface area contributed by atoms with Gasteiger partial charge in [-0.05, 0) is 42.5 Å². The van der Waals surface area contributed by atoms with E-state index in [4.69, 9.17) is 9.47 Å². The van der Waals surface area contributed by atoms with Crippen LogP contribution in [0.25, 0.3) is 11.1 Å². The maximum Gasteiger partial charge on any atom is 0.460 e. The predicted octanol–water partition coefficient (Wildman–Crippen LogP) is 11.0. The van der Waals surface area contributed by atoms with E-state index in [1.165, 1.54) is 63.3 Å². The predicted molar refractivity (Wildman–Crippen MR) is 143 cm³/mol. The van der Waals surface area contributed by atoms with Crippen LogP contribution in [0.3, 0.4) is 0 Å². The number of halogens is 13. The highest BCUT2D eigenvalue weighted by Gasteiger charge is 2.90. The van der Waals surface area contributed by atoms with Gasteiger partial charge in [0.1, 0.15) is 0 Å². The Morgan fingerprint density at radius 2 is 1.15 bits per heavy atom. The van der Waals surface area contributed by atoms with Crippen LogP contribution >= 0.6 is 0 Å². The van der Waals surface area contributed by atoms with Gasteiger partial charge in [0, 0.05) is 17.5 Å². The first kappa shape index (κ1) is 36.9. The molecule has 0 saturated heterocycles. The van der Waals surface area contributed by atoms with Gasteiger partial charge in [0.2, 0.25) is 6.29 Å². The van der Waals surface area contributed by atoms with Gasteiger partial charge in [-0.3, -0.25) is 4.98 Å². The summed E-state index contributed by atoms with van der Waals surface area (Å²) in [5, 5.41) is 0. The van der Waals surface area contributed by atoms with Crippen LogP contribution in [0.1, 0.15) is 76.3 Å². The van der Waals surface area contributed by atoms with Gasteiger partial charge in [-0.15, -0.1) is 0 Å². The third-order valence-electron chi connectivity index (χ3n) is 8.28. The monoisotopic (exact) mass is 697 g/mol. The molecule has 0 radical (unpaired) electrons. The highest BCUT2D eigenvalue weighted by molar-refractivity contribution is 5.67. The molecule has 0 N–H and O–H groups in total. The Kier molecular flexibility index (Phi) is 10.6. The second-order valence-electron chi connectivity index (χ2n) is 12.0. The lowest BCUT2D eigenvalue weighted by molar-refractivity contribution is -0.441. The van der Waals surface area contributed by atoms with Crippen molar-refractivity contribution in [2.24, 2.45) is 5.92 Å². The summed E-state index contributed by atoms with van der Waals surface area (Å²) in [4.78, 5) is 4.38. The molecular weight excluding hydrogens is 665 g/mol. The fourth-order valence-corrected chi connectivity index (χ4v) is 5.18. The zero-order chi connectivity index (χ0) is 34.9. The lowest BCUT2D eigenvalue weighted by Crippen LogP contribution is -2.70. The first-order valence-corrected chi connectivity index (χ1v) is 15.1. The zero-order valence-electron chi connectivity index (χ0n) is 24.8. The topological polar surface area (TPSA) is 31.4 Å². The van der Waals surface area contributed by atoms with E-state index in [9.17, 15) is 57.1 Å². The molecule has 2 aromatic rings. The summed E-state index contributed by atoms with van der Waals surface area (Å²) in [6.45, 7) is 0. The van der Waals surface area contributed by atoms with E-state index >= 15 is 0 Å². The van der Waals surface area contributed by atoms with Crippen LogP contribution in [0.2, 0.25) is 0 Å². The fourth-order valence-electron chi connectivity index (χ4n) is 5.18. The molecule has 16 heteroatoms. The highest BCUT2D eigenvalue weighted by Crippen LogP contribution is 2.61. The molecule has 264 valence electrons. The molecule has 0 amide bonds. The van der Waals surface area contributed by atoms with E-state index in [1.54, 1.807) is 12.1 Å². The Hall–Kier alpha value is -2.94. The van der Waals surface area contributed by atoms with Crippen molar-refractivity contribution in [1.82, 2.24) is 4.98 Å². The third-order valence-corrected chi connectivity index (χ3v) is 8.28. The van der Waals surface area contributed by atoms with Crippen molar-refractivity contribution in [2.45, 2.75) is 119 Å². The van der Waals surface area contributed by atoms with Crippen molar-refractivity contribution in [2.75, 3.05) is 0 Å². The van der Waals surface area contributed by atoms with Crippen LogP contribution in [0.5, 0.6) is 11.5 Å². The first-order valence-electron chi connectivity index (χ1n) is 15.1. The summed E-state index contributed by atoms with van der Waals surface area (Å²) in [7, 11) is 0. The normalized spacial score (nSPS) is 17.8. The Labute approximate surface area is 261 Å². The first-order chi connectivity index (χ1) is 21.7. The van der Waals surface area contributed by atoms with Crippen LogP contribution in [0.15, 0.2) is 36.5 Å². The van der Waals surface area contributed by atoms with Crippen molar-refractivity contribution in [3.63, 3.8) is 0 Å². The molecule has 4 rings (SSSR count). The molecule has 47 heavy (non-hydrogen) atoms. The average Bonchev–Trinajstić information content (AvgIpc) is 3.72. The Bertz CT molecular complexity index is 1340. The number of hydrogen-bond acceptors (Lipinski definition) is 3. The van der Waals surface area contributed by atoms with Crippen molar-refractivity contribution in [3.05, 3.63) is 42.2 Å². The van der Waals surface area contributed by atoms with E-state index in [0.29, 0.717) is 11.1 Å². The standard InChI is InChI=1S/C31H32F13NO2/c32-26(33,27(34,35)28(36,37)29(38,39)30(40,41)31(42,43)44)17-25-46-23-15-13-20(16-24(23)47-25)21-12-14-22(45-18-21)9-7-5-3-1-2-4-6-8-19-10-11-19/h12-16,18-19,25H,1-11,17H2. The summed E-state index contributed by atoms with van der Waals surface area (Å²) in [6.07, 6.45) is 1.87. The number of unbranched alkanes of at least 4 members (excludes halogenated alkanes) is 6. The van der Waals surface area contributed by atoms with Crippen LogP contribution in [-0.4, -0.2) is 47.1 Å². The van der Waals surface area contributed by atoms with Gasteiger partial charge in [0.15, 0.2) is 11.5 Å². The molecular formula is C31H32F13NO2. The summed E-state index contributed by atoms with van der Waals surface area (Å²) < 4.78 is 184. The maximum absolute atomic E-state index is 14.3. The minimum absolute atomic E-state index is 0.342.